The van der Waals surface area contributed by atoms with E-state index in [1.807, 2.05) is 7.05 Å². The third-order valence-corrected chi connectivity index (χ3v) is 2.70. The summed E-state index contributed by atoms with van der Waals surface area (Å²) in [5, 5.41) is 3.40. The van der Waals surface area contributed by atoms with Crippen LogP contribution in [0.2, 0.25) is 0 Å². The fourth-order valence-electron chi connectivity index (χ4n) is 1.90. The number of nitrogens with one attached hydrogen (secondary N) is 1. The van der Waals surface area contributed by atoms with Crippen LogP contribution in [0.4, 0.5) is 0 Å². The van der Waals surface area contributed by atoms with Crippen LogP contribution >= 0.6 is 0 Å². The van der Waals surface area contributed by atoms with Crippen LogP contribution in [0.5, 0.6) is 0 Å². The molecule has 0 amide bonds. The van der Waals surface area contributed by atoms with Crippen molar-refractivity contribution in [2.45, 2.75) is 12.5 Å². The topological polar surface area (TPSA) is 18.5 Å². The van der Waals surface area contributed by atoms with E-state index in [0.717, 1.165) is 13.1 Å². The molecule has 72 valence electrons. The number of hydrogen-bond donors (Lipinski definition) is 1. The maximum Gasteiger partial charge on any atom is 0.0406 e. The van der Waals surface area contributed by atoms with Crippen LogP contribution in [0, 0.1) is 0 Å². The van der Waals surface area contributed by atoms with Gasteiger partial charge in [0.15, 0.2) is 0 Å². The van der Waals surface area contributed by atoms with Gasteiger partial charge in [-0.05, 0) is 28.1 Å². The third kappa shape index (κ3) is 2.44. The zero-order valence-electron chi connectivity index (χ0n) is 8.72. The molecule has 1 fully saturated rings. The van der Waals surface area contributed by atoms with Crippen LogP contribution in [-0.2, 0) is 0 Å². The van der Waals surface area contributed by atoms with Crippen LogP contribution in [0.1, 0.15) is 6.92 Å². The second-order valence-electron chi connectivity index (χ2n) is 4.29. The molecule has 1 rings (SSSR count). The molecule has 0 radical (unpaired) electrons. The lowest BCUT2D eigenvalue weighted by molar-refractivity contribution is 0.239. The first-order valence-corrected chi connectivity index (χ1v) is 4.62. The molecule has 0 unspecified atom stereocenters. The van der Waals surface area contributed by atoms with Gasteiger partial charge in [-0.1, -0.05) is 0 Å². The van der Waals surface area contributed by atoms with Gasteiger partial charge < -0.3 is 15.1 Å². The van der Waals surface area contributed by atoms with Gasteiger partial charge in [0.05, 0.1) is 0 Å². The highest BCUT2D eigenvalue weighted by Gasteiger charge is 2.28. The molecule has 0 aromatic rings. The Morgan fingerprint density at radius 1 is 1.08 bits per heavy atom. The Hall–Kier alpha value is -0.120. The van der Waals surface area contributed by atoms with E-state index in [4.69, 9.17) is 0 Å². The Balaban J connectivity index is 2.61. The van der Waals surface area contributed by atoms with Gasteiger partial charge in [0, 0.05) is 31.7 Å². The normalized spacial score (nSPS) is 27.0. The molecule has 1 heterocycles. The monoisotopic (exact) mass is 171 g/mol. The van der Waals surface area contributed by atoms with Crippen molar-refractivity contribution < 1.29 is 0 Å². The highest BCUT2D eigenvalue weighted by atomic mass is 15.2. The lowest BCUT2D eigenvalue weighted by Crippen LogP contribution is -2.52. The second kappa shape index (κ2) is 3.73. The first-order valence-electron chi connectivity index (χ1n) is 4.62. The average molecular weight is 171 g/mol. The largest absolute Gasteiger partial charge is 0.312 e. The van der Waals surface area contributed by atoms with Gasteiger partial charge in [-0.3, -0.25) is 0 Å². The lowest BCUT2D eigenvalue weighted by Gasteiger charge is -2.32. The van der Waals surface area contributed by atoms with Crippen LogP contribution in [-0.4, -0.2) is 62.7 Å². The maximum atomic E-state index is 3.40. The highest BCUT2D eigenvalue weighted by Crippen LogP contribution is 2.10. The summed E-state index contributed by atoms with van der Waals surface area (Å²) in [6.45, 7) is 6.90. The summed E-state index contributed by atoms with van der Waals surface area (Å²) in [5.41, 5.74) is 0.250. The van der Waals surface area contributed by atoms with Crippen LogP contribution in [0.3, 0.4) is 0 Å². The van der Waals surface area contributed by atoms with E-state index in [-0.39, 0.29) is 5.54 Å². The second-order valence-corrected chi connectivity index (χ2v) is 4.29. The fourth-order valence-corrected chi connectivity index (χ4v) is 1.90. The summed E-state index contributed by atoms with van der Waals surface area (Å²) in [4.78, 5) is 4.78. The van der Waals surface area contributed by atoms with Crippen molar-refractivity contribution in [1.29, 1.82) is 0 Å². The van der Waals surface area contributed by atoms with E-state index < -0.39 is 0 Å². The Kier molecular flexibility index (Phi) is 3.09. The van der Waals surface area contributed by atoms with Crippen molar-refractivity contribution in [3.8, 4) is 0 Å². The quantitative estimate of drug-likeness (QED) is 0.591. The molecule has 0 spiro atoms. The third-order valence-electron chi connectivity index (χ3n) is 2.70. The Bertz CT molecular complexity index is 135. The van der Waals surface area contributed by atoms with Gasteiger partial charge in [-0.2, -0.15) is 0 Å². The molecule has 3 heteroatoms. The van der Waals surface area contributed by atoms with Crippen molar-refractivity contribution in [2.24, 2.45) is 0 Å². The van der Waals surface area contributed by atoms with Gasteiger partial charge in [0.25, 0.3) is 0 Å². The molecule has 0 bridgehead atoms. The predicted octanol–water partition coefficient (Wildman–Crippen LogP) is -0.158. The minimum atomic E-state index is 0.250. The smallest absolute Gasteiger partial charge is 0.0406 e. The molecule has 3 nitrogen and oxygen atoms in total. The van der Waals surface area contributed by atoms with Crippen LogP contribution in [0.15, 0.2) is 0 Å². The molecule has 1 N–H and O–H groups in total. The summed E-state index contributed by atoms with van der Waals surface area (Å²) >= 11 is 0. The Morgan fingerprint density at radius 2 is 1.50 bits per heavy atom. The molecule has 1 aliphatic heterocycles. The fraction of sp³-hybridized carbons (Fsp3) is 1.00. The molecule has 12 heavy (non-hydrogen) atoms. The number of rotatable bonds is 1. The highest BCUT2D eigenvalue weighted by molar-refractivity contribution is 4.89. The SMILES string of the molecule is CNC1(C)CN(C)CCN(C)C1. The molecule has 0 aromatic carbocycles. The van der Waals surface area contributed by atoms with Crippen molar-refractivity contribution >= 4 is 0 Å². The van der Waals surface area contributed by atoms with Crippen molar-refractivity contribution in [2.75, 3.05) is 47.3 Å². The van der Waals surface area contributed by atoms with Crippen molar-refractivity contribution in [3.05, 3.63) is 0 Å². The van der Waals surface area contributed by atoms with E-state index in [2.05, 4.69) is 36.1 Å². The molecule has 0 atom stereocenters. The zero-order chi connectivity index (χ0) is 9.19. The first kappa shape index (κ1) is 9.96. The first-order chi connectivity index (χ1) is 5.56. The van der Waals surface area contributed by atoms with Crippen molar-refractivity contribution in [1.82, 2.24) is 15.1 Å². The van der Waals surface area contributed by atoms with Crippen LogP contribution in [0.25, 0.3) is 0 Å². The van der Waals surface area contributed by atoms with E-state index in [1.165, 1.54) is 13.1 Å². The summed E-state index contributed by atoms with van der Waals surface area (Å²) in [5.74, 6) is 0. The minimum Gasteiger partial charge on any atom is -0.312 e. The van der Waals surface area contributed by atoms with Gasteiger partial charge in [0.1, 0.15) is 0 Å². The molecule has 0 aromatic heterocycles. The Labute approximate surface area is 75.7 Å². The van der Waals surface area contributed by atoms with Crippen molar-refractivity contribution in [3.63, 3.8) is 0 Å². The number of hydrogen-bond acceptors (Lipinski definition) is 3. The molecule has 0 aliphatic carbocycles. The summed E-state index contributed by atoms with van der Waals surface area (Å²) in [7, 11) is 6.43. The summed E-state index contributed by atoms with van der Waals surface area (Å²) in [6.07, 6.45) is 0. The van der Waals surface area contributed by atoms with E-state index in [9.17, 15) is 0 Å². The van der Waals surface area contributed by atoms with Gasteiger partial charge in [-0.15, -0.1) is 0 Å². The van der Waals surface area contributed by atoms with Gasteiger partial charge in [-0.25, -0.2) is 0 Å². The van der Waals surface area contributed by atoms with E-state index in [1.54, 1.807) is 0 Å². The van der Waals surface area contributed by atoms with Gasteiger partial charge >= 0.3 is 0 Å². The average Bonchev–Trinajstić information content (AvgIpc) is 2.11. The molecule has 1 saturated heterocycles. The summed E-state index contributed by atoms with van der Waals surface area (Å²) in [6, 6.07) is 0. The molecule has 0 saturated carbocycles. The zero-order valence-corrected chi connectivity index (χ0v) is 8.72. The number of nitrogens with zero attached hydrogens (tertiary/aromatic N) is 2. The standard InChI is InChI=1S/C9H21N3/c1-9(10-2)7-11(3)5-6-12(4)8-9/h10H,5-8H2,1-4H3. The number of likely N-dealkylation sites (N-methyl/N-ethyl adjacent to an activating group) is 3. The lowest BCUT2D eigenvalue weighted by atomic mass is 10.0. The molecular formula is C9H21N3. The van der Waals surface area contributed by atoms with E-state index >= 15 is 0 Å². The molecule has 1 aliphatic rings. The molecular weight excluding hydrogens is 150 g/mol. The van der Waals surface area contributed by atoms with Gasteiger partial charge in [0.2, 0.25) is 0 Å². The summed E-state index contributed by atoms with van der Waals surface area (Å²) < 4.78 is 0. The van der Waals surface area contributed by atoms with Crippen LogP contribution < -0.4 is 5.32 Å². The Morgan fingerprint density at radius 3 is 1.83 bits per heavy atom. The maximum absolute atomic E-state index is 3.40. The van der Waals surface area contributed by atoms with E-state index in [0.29, 0.717) is 0 Å². The minimum absolute atomic E-state index is 0.250. The predicted molar refractivity (Wildman–Crippen MR) is 52.5 cm³/mol.